The van der Waals surface area contributed by atoms with Gasteiger partial charge in [-0.15, -0.1) is 0 Å². The summed E-state index contributed by atoms with van der Waals surface area (Å²) < 4.78 is 0. The molecule has 2 N–H and O–H groups in total. The van der Waals surface area contributed by atoms with Crippen LogP contribution in [0.1, 0.15) is 5.69 Å². The lowest BCUT2D eigenvalue weighted by Crippen LogP contribution is -2.35. The van der Waals surface area contributed by atoms with Crippen LogP contribution in [0.2, 0.25) is 0 Å². The molecular weight excluding hydrogens is 206 g/mol. The topological polar surface area (TPSA) is 75.4 Å². The second kappa shape index (κ2) is 5.41. The standard InChI is InChI=1S/C10H17N5O/c1-14(2)9(16)7-15(3)10-8(6-11)12-4-5-13-10/h4-5H,6-7,11H2,1-3H3. The van der Waals surface area contributed by atoms with Gasteiger partial charge in [0, 0.05) is 40.1 Å². The van der Waals surface area contributed by atoms with Gasteiger partial charge in [0.25, 0.3) is 0 Å². The molecule has 6 nitrogen and oxygen atoms in total. The van der Waals surface area contributed by atoms with Gasteiger partial charge in [-0.3, -0.25) is 9.78 Å². The number of likely N-dealkylation sites (N-methyl/N-ethyl adjacent to an activating group) is 2. The molecule has 1 aromatic rings. The average molecular weight is 223 g/mol. The highest BCUT2D eigenvalue weighted by molar-refractivity contribution is 5.80. The molecule has 0 aliphatic heterocycles. The van der Waals surface area contributed by atoms with Crippen molar-refractivity contribution in [3.05, 3.63) is 18.1 Å². The minimum atomic E-state index is 0.0103. The van der Waals surface area contributed by atoms with Gasteiger partial charge in [0.15, 0.2) is 5.82 Å². The molecule has 1 aromatic heterocycles. The summed E-state index contributed by atoms with van der Waals surface area (Å²) in [7, 11) is 5.23. The van der Waals surface area contributed by atoms with E-state index in [0.29, 0.717) is 18.1 Å². The highest BCUT2D eigenvalue weighted by Gasteiger charge is 2.13. The third-order valence-electron chi connectivity index (χ3n) is 2.18. The quantitative estimate of drug-likeness (QED) is 0.742. The van der Waals surface area contributed by atoms with Crippen LogP contribution in [0, 0.1) is 0 Å². The number of nitrogens with zero attached hydrogens (tertiary/aromatic N) is 4. The van der Waals surface area contributed by atoms with Crippen molar-refractivity contribution in [3.8, 4) is 0 Å². The van der Waals surface area contributed by atoms with Gasteiger partial charge in [-0.05, 0) is 0 Å². The normalized spacial score (nSPS) is 10.0. The fourth-order valence-corrected chi connectivity index (χ4v) is 1.24. The molecule has 0 radical (unpaired) electrons. The van der Waals surface area contributed by atoms with Crippen LogP contribution in [-0.4, -0.2) is 48.5 Å². The molecule has 0 unspecified atom stereocenters. The Balaban J connectivity index is 2.80. The Morgan fingerprint density at radius 1 is 1.31 bits per heavy atom. The summed E-state index contributed by atoms with van der Waals surface area (Å²) in [5.74, 6) is 0.663. The molecule has 0 bridgehead atoms. The van der Waals surface area contributed by atoms with Crippen molar-refractivity contribution in [1.29, 1.82) is 0 Å². The highest BCUT2D eigenvalue weighted by Crippen LogP contribution is 2.11. The van der Waals surface area contributed by atoms with Crippen LogP contribution in [0.5, 0.6) is 0 Å². The number of anilines is 1. The van der Waals surface area contributed by atoms with Crippen molar-refractivity contribution in [2.24, 2.45) is 5.73 Å². The Morgan fingerprint density at radius 2 is 1.94 bits per heavy atom. The predicted molar refractivity (Wildman–Crippen MR) is 61.9 cm³/mol. The number of hydrogen-bond acceptors (Lipinski definition) is 5. The van der Waals surface area contributed by atoms with Crippen LogP contribution < -0.4 is 10.6 Å². The monoisotopic (exact) mass is 223 g/mol. The number of carbonyl (C=O) groups excluding carboxylic acids is 1. The van der Waals surface area contributed by atoms with Gasteiger partial charge in [-0.25, -0.2) is 4.98 Å². The molecule has 16 heavy (non-hydrogen) atoms. The summed E-state index contributed by atoms with van der Waals surface area (Å²) in [6, 6.07) is 0. The fourth-order valence-electron chi connectivity index (χ4n) is 1.24. The molecule has 0 atom stereocenters. The van der Waals surface area contributed by atoms with Crippen molar-refractivity contribution < 1.29 is 4.79 Å². The summed E-state index contributed by atoms with van der Waals surface area (Å²) >= 11 is 0. The van der Waals surface area contributed by atoms with E-state index in [-0.39, 0.29) is 12.5 Å². The van der Waals surface area contributed by atoms with Crippen LogP contribution in [0.15, 0.2) is 12.4 Å². The van der Waals surface area contributed by atoms with Crippen molar-refractivity contribution >= 4 is 11.7 Å². The first-order valence-electron chi connectivity index (χ1n) is 4.97. The van der Waals surface area contributed by atoms with Crippen molar-refractivity contribution in [2.75, 3.05) is 32.6 Å². The number of hydrogen-bond donors (Lipinski definition) is 1. The van der Waals surface area contributed by atoms with E-state index in [9.17, 15) is 4.79 Å². The van der Waals surface area contributed by atoms with Crippen LogP contribution in [0.4, 0.5) is 5.82 Å². The van der Waals surface area contributed by atoms with Gasteiger partial charge in [-0.2, -0.15) is 0 Å². The minimum Gasteiger partial charge on any atom is -0.349 e. The smallest absolute Gasteiger partial charge is 0.241 e. The summed E-state index contributed by atoms with van der Waals surface area (Å²) in [6.07, 6.45) is 3.18. The maximum absolute atomic E-state index is 11.5. The zero-order valence-corrected chi connectivity index (χ0v) is 9.84. The summed E-state index contributed by atoms with van der Waals surface area (Å²) in [6.45, 7) is 0.572. The zero-order chi connectivity index (χ0) is 12.1. The van der Waals surface area contributed by atoms with E-state index in [0.717, 1.165) is 0 Å². The Kier molecular flexibility index (Phi) is 4.19. The first-order valence-corrected chi connectivity index (χ1v) is 4.97. The second-order valence-electron chi connectivity index (χ2n) is 3.67. The number of aromatic nitrogens is 2. The third-order valence-corrected chi connectivity index (χ3v) is 2.18. The SMILES string of the molecule is CN(C)C(=O)CN(C)c1nccnc1CN. The first-order chi connectivity index (χ1) is 7.56. The predicted octanol–water partition coefficient (Wildman–Crippen LogP) is -0.540. The van der Waals surface area contributed by atoms with E-state index >= 15 is 0 Å². The van der Waals surface area contributed by atoms with E-state index < -0.39 is 0 Å². The van der Waals surface area contributed by atoms with Gasteiger partial charge in [0.1, 0.15) is 0 Å². The molecule has 6 heteroatoms. The van der Waals surface area contributed by atoms with Crippen LogP contribution >= 0.6 is 0 Å². The molecule has 0 aliphatic rings. The molecule has 0 saturated carbocycles. The Hall–Kier alpha value is -1.69. The molecule has 1 rings (SSSR count). The lowest BCUT2D eigenvalue weighted by molar-refractivity contribution is -0.127. The van der Waals surface area contributed by atoms with Crippen LogP contribution in [0.25, 0.3) is 0 Å². The van der Waals surface area contributed by atoms with Crippen LogP contribution in [-0.2, 0) is 11.3 Å². The molecule has 0 spiro atoms. The van der Waals surface area contributed by atoms with E-state index in [4.69, 9.17) is 5.73 Å². The number of carbonyl (C=O) groups is 1. The molecule has 0 saturated heterocycles. The minimum absolute atomic E-state index is 0.0103. The van der Waals surface area contributed by atoms with E-state index in [1.165, 1.54) is 4.90 Å². The number of amides is 1. The lowest BCUT2D eigenvalue weighted by atomic mass is 10.3. The van der Waals surface area contributed by atoms with E-state index in [1.807, 2.05) is 0 Å². The second-order valence-corrected chi connectivity index (χ2v) is 3.67. The maximum Gasteiger partial charge on any atom is 0.241 e. The van der Waals surface area contributed by atoms with E-state index in [2.05, 4.69) is 9.97 Å². The average Bonchev–Trinajstić information content (AvgIpc) is 2.28. The lowest BCUT2D eigenvalue weighted by Gasteiger charge is -2.21. The Bertz CT molecular complexity index is 366. The molecule has 88 valence electrons. The molecule has 0 aromatic carbocycles. The van der Waals surface area contributed by atoms with Crippen molar-refractivity contribution in [2.45, 2.75) is 6.54 Å². The molecule has 0 fully saturated rings. The fraction of sp³-hybridized carbons (Fsp3) is 0.500. The van der Waals surface area contributed by atoms with Gasteiger partial charge in [-0.1, -0.05) is 0 Å². The Morgan fingerprint density at radius 3 is 2.50 bits per heavy atom. The van der Waals surface area contributed by atoms with E-state index in [1.54, 1.807) is 38.4 Å². The third kappa shape index (κ3) is 2.90. The summed E-state index contributed by atoms with van der Waals surface area (Å²) in [5.41, 5.74) is 6.25. The highest BCUT2D eigenvalue weighted by atomic mass is 16.2. The number of nitrogens with two attached hydrogens (primary N) is 1. The van der Waals surface area contributed by atoms with Gasteiger partial charge in [0.05, 0.1) is 12.2 Å². The largest absolute Gasteiger partial charge is 0.349 e. The summed E-state index contributed by atoms with van der Waals surface area (Å²) in [5, 5.41) is 0. The molecule has 1 amide bonds. The zero-order valence-electron chi connectivity index (χ0n) is 9.84. The van der Waals surface area contributed by atoms with Gasteiger partial charge in [0.2, 0.25) is 5.91 Å². The van der Waals surface area contributed by atoms with Crippen molar-refractivity contribution in [1.82, 2.24) is 14.9 Å². The number of rotatable bonds is 4. The van der Waals surface area contributed by atoms with Gasteiger partial charge < -0.3 is 15.5 Å². The van der Waals surface area contributed by atoms with Crippen LogP contribution in [0.3, 0.4) is 0 Å². The van der Waals surface area contributed by atoms with Crippen molar-refractivity contribution in [3.63, 3.8) is 0 Å². The molecule has 0 aliphatic carbocycles. The molecular formula is C10H17N5O. The Labute approximate surface area is 95.1 Å². The maximum atomic E-state index is 11.5. The van der Waals surface area contributed by atoms with Gasteiger partial charge >= 0.3 is 0 Å². The molecule has 1 heterocycles. The first kappa shape index (κ1) is 12.4. The summed E-state index contributed by atoms with van der Waals surface area (Å²) in [4.78, 5) is 23.1.